The fraction of sp³-hybridized carbons (Fsp3) is 0.316. The summed E-state index contributed by atoms with van der Waals surface area (Å²) in [5.74, 6) is 0.0222. The van der Waals surface area contributed by atoms with Crippen molar-refractivity contribution in [3.05, 3.63) is 64.7 Å². The predicted octanol–water partition coefficient (Wildman–Crippen LogP) is 2.75. The fourth-order valence-corrected chi connectivity index (χ4v) is 3.02. The van der Waals surface area contributed by atoms with E-state index in [1.165, 1.54) is 12.1 Å². The number of carbonyl (C=O) groups is 1. The molecule has 1 aliphatic heterocycles. The van der Waals surface area contributed by atoms with Crippen LogP contribution < -0.4 is 10.2 Å². The number of rotatable bonds is 6. The van der Waals surface area contributed by atoms with Crippen LogP contribution in [0.5, 0.6) is 0 Å². The van der Waals surface area contributed by atoms with Gasteiger partial charge < -0.3 is 10.2 Å². The molecule has 0 saturated carbocycles. The van der Waals surface area contributed by atoms with Gasteiger partial charge in [0, 0.05) is 62.7 Å². The molecule has 1 fully saturated rings. The van der Waals surface area contributed by atoms with Crippen molar-refractivity contribution in [1.82, 2.24) is 4.90 Å². The highest BCUT2D eigenvalue weighted by Gasteiger charge is 2.18. The zero-order valence-electron chi connectivity index (χ0n) is 14.5. The number of piperazine rings is 1. The number of carbonyl (C=O) groups excluding carboxylic acids is 1. The summed E-state index contributed by atoms with van der Waals surface area (Å²) < 4.78 is 0. The van der Waals surface area contributed by atoms with Crippen molar-refractivity contribution in [2.45, 2.75) is 6.42 Å². The molecule has 7 heteroatoms. The number of hydrogen-bond acceptors (Lipinski definition) is 5. The topological polar surface area (TPSA) is 78.7 Å². The average Bonchev–Trinajstić information content (AvgIpc) is 2.68. The Morgan fingerprint density at radius 3 is 2.27 bits per heavy atom. The van der Waals surface area contributed by atoms with Crippen molar-refractivity contribution in [3.8, 4) is 0 Å². The Morgan fingerprint density at radius 2 is 1.65 bits per heavy atom. The van der Waals surface area contributed by atoms with Crippen LogP contribution in [0.4, 0.5) is 17.1 Å². The van der Waals surface area contributed by atoms with E-state index in [9.17, 15) is 14.9 Å². The number of anilines is 2. The van der Waals surface area contributed by atoms with E-state index in [2.05, 4.69) is 15.1 Å². The molecule has 2 aromatic carbocycles. The molecule has 7 nitrogen and oxygen atoms in total. The van der Waals surface area contributed by atoms with Gasteiger partial charge in [-0.05, 0) is 24.3 Å². The summed E-state index contributed by atoms with van der Waals surface area (Å²) in [6.07, 6.45) is 0.465. The first kappa shape index (κ1) is 17.9. The molecule has 1 heterocycles. The second-order valence-electron chi connectivity index (χ2n) is 6.27. The van der Waals surface area contributed by atoms with Crippen LogP contribution in [-0.2, 0) is 4.79 Å². The number of nitro benzene ring substituents is 1. The number of benzene rings is 2. The van der Waals surface area contributed by atoms with Crippen LogP contribution in [0.3, 0.4) is 0 Å². The monoisotopic (exact) mass is 354 g/mol. The van der Waals surface area contributed by atoms with Crippen molar-refractivity contribution >= 4 is 23.0 Å². The molecule has 0 bridgehead atoms. The molecule has 2 aromatic rings. The molecule has 26 heavy (non-hydrogen) atoms. The highest BCUT2D eigenvalue weighted by atomic mass is 16.6. The molecule has 3 rings (SSSR count). The second-order valence-corrected chi connectivity index (χ2v) is 6.27. The lowest BCUT2D eigenvalue weighted by Crippen LogP contribution is -2.47. The van der Waals surface area contributed by atoms with Crippen LogP contribution in [0.2, 0.25) is 0 Å². The summed E-state index contributed by atoms with van der Waals surface area (Å²) in [5.41, 5.74) is 1.93. The number of nitro groups is 1. The second kappa shape index (κ2) is 8.44. The Balaban J connectivity index is 1.42. The molecule has 0 atom stereocenters. The van der Waals surface area contributed by atoms with Crippen molar-refractivity contribution in [3.63, 3.8) is 0 Å². The smallest absolute Gasteiger partial charge is 0.269 e. The van der Waals surface area contributed by atoms with Crippen LogP contribution in [-0.4, -0.2) is 48.5 Å². The van der Waals surface area contributed by atoms with Crippen LogP contribution in [0, 0.1) is 10.1 Å². The zero-order chi connectivity index (χ0) is 18.4. The SMILES string of the molecule is O=C(CCN1CCN(c2ccc([N+](=O)[O-])cc2)CC1)Nc1ccccc1. The van der Waals surface area contributed by atoms with Gasteiger partial charge in [-0.3, -0.25) is 19.8 Å². The molecule has 0 unspecified atom stereocenters. The van der Waals surface area contributed by atoms with E-state index >= 15 is 0 Å². The summed E-state index contributed by atoms with van der Waals surface area (Å²) in [4.78, 5) is 26.8. The third kappa shape index (κ3) is 4.80. The van der Waals surface area contributed by atoms with Crippen LogP contribution in [0.15, 0.2) is 54.6 Å². The van der Waals surface area contributed by atoms with Gasteiger partial charge in [0.15, 0.2) is 0 Å². The van der Waals surface area contributed by atoms with Crippen LogP contribution >= 0.6 is 0 Å². The number of amides is 1. The largest absolute Gasteiger partial charge is 0.369 e. The van der Waals surface area contributed by atoms with E-state index in [1.807, 2.05) is 30.3 Å². The van der Waals surface area contributed by atoms with Gasteiger partial charge in [-0.25, -0.2) is 0 Å². The van der Waals surface area contributed by atoms with Crippen molar-refractivity contribution < 1.29 is 9.72 Å². The molecule has 136 valence electrons. The predicted molar refractivity (Wildman–Crippen MR) is 101 cm³/mol. The Morgan fingerprint density at radius 1 is 1.00 bits per heavy atom. The number of non-ortho nitro benzene ring substituents is 1. The third-order valence-corrected chi connectivity index (χ3v) is 4.51. The lowest BCUT2D eigenvalue weighted by atomic mass is 10.2. The molecule has 0 spiro atoms. The number of para-hydroxylation sites is 1. The van der Waals surface area contributed by atoms with Gasteiger partial charge in [0.1, 0.15) is 0 Å². The molecule has 1 aliphatic rings. The lowest BCUT2D eigenvalue weighted by molar-refractivity contribution is -0.384. The van der Waals surface area contributed by atoms with E-state index in [0.717, 1.165) is 44.1 Å². The third-order valence-electron chi connectivity index (χ3n) is 4.51. The minimum atomic E-state index is -0.387. The maximum atomic E-state index is 12.0. The van der Waals surface area contributed by atoms with Gasteiger partial charge >= 0.3 is 0 Å². The van der Waals surface area contributed by atoms with Gasteiger partial charge in [0.25, 0.3) is 5.69 Å². The average molecular weight is 354 g/mol. The van der Waals surface area contributed by atoms with Gasteiger partial charge in [-0.15, -0.1) is 0 Å². The molecular weight excluding hydrogens is 332 g/mol. The molecule has 0 aliphatic carbocycles. The first-order chi connectivity index (χ1) is 12.6. The quantitative estimate of drug-likeness (QED) is 0.637. The number of hydrogen-bond donors (Lipinski definition) is 1. The maximum Gasteiger partial charge on any atom is 0.269 e. The summed E-state index contributed by atoms with van der Waals surface area (Å²) in [6, 6.07) is 16.1. The Hall–Kier alpha value is -2.93. The van der Waals surface area contributed by atoms with E-state index in [0.29, 0.717) is 6.42 Å². The number of nitrogens with zero attached hydrogens (tertiary/aromatic N) is 3. The summed E-state index contributed by atoms with van der Waals surface area (Å²) in [5, 5.41) is 13.6. The maximum absolute atomic E-state index is 12.0. The number of nitrogens with one attached hydrogen (secondary N) is 1. The molecule has 0 aromatic heterocycles. The summed E-state index contributed by atoms with van der Waals surface area (Å²) in [6.45, 7) is 4.16. The summed E-state index contributed by atoms with van der Waals surface area (Å²) >= 11 is 0. The zero-order valence-corrected chi connectivity index (χ0v) is 14.5. The van der Waals surface area contributed by atoms with E-state index in [4.69, 9.17) is 0 Å². The highest BCUT2D eigenvalue weighted by molar-refractivity contribution is 5.90. The fourth-order valence-electron chi connectivity index (χ4n) is 3.02. The summed E-state index contributed by atoms with van der Waals surface area (Å²) in [7, 11) is 0. The lowest BCUT2D eigenvalue weighted by Gasteiger charge is -2.36. The van der Waals surface area contributed by atoms with Crippen molar-refractivity contribution in [2.75, 3.05) is 42.9 Å². The highest BCUT2D eigenvalue weighted by Crippen LogP contribution is 2.20. The van der Waals surface area contributed by atoms with Crippen LogP contribution in [0.1, 0.15) is 6.42 Å². The Labute approximate surface area is 152 Å². The normalized spacial score (nSPS) is 14.8. The molecule has 1 amide bonds. The van der Waals surface area contributed by atoms with E-state index < -0.39 is 0 Å². The molecule has 1 N–H and O–H groups in total. The van der Waals surface area contributed by atoms with E-state index in [-0.39, 0.29) is 16.5 Å². The molecular formula is C19H22N4O3. The van der Waals surface area contributed by atoms with Crippen molar-refractivity contribution in [1.29, 1.82) is 0 Å². The van der Waals surface area contributed by atoms with Crippen molar-refractivity contribution in [2.24, 2.45) is 0 Å². The Bertz CT molecular complexity index is 741. The minimum Gasteiger partial charge on any atom is -0.369 e. The minimum absolute atomic E-state index is 0.0222. The first-order valence-electron chi connectivity index (χ1n) is 8.68. The first-order valence-corrected chi connectivity index (χ1v) is 8.68. The van der Waals surface area contributed by atoms with Gasteiger partial charge in [-0.2, -0.15) is 0 Å². The van der Waals surface area contributed by atoms with Gasteiger partial charge in [0.2, 0.25) is 5.91 Å². The van der Waals surface area contributed by atoms with Gasteiger partial charge in [0.05, 0.1) is 4.92 Å². The van der Waals surface area contributed by atoms with E-state index in [1.54, 1.807) is 12.1 Å². The Kier molecular flexibility index (Phi) is 5.80. The molecule has 0 radical (unpaired) electrons. The molecule has 1 saturated heterocycles. The standard InChI is InChI=1S/C19H22N4O3/c24-19(20-16-4-2-1-3-5-16)10-11-21-12-14-22(15-13-21)17-6-8-18(9-7-17)23(25)26/h1-9H,10-15H2,(H,20,24). The van der Waals surface area contributed by atoms with Crippen LogP contribution in [0.25, 0.3) is 0 Å². The van der Waals surface area contributed by atoms with Gasteiger partial charge in [-0.1, -0.05) is 18.2 Å².